The van der Waals surface area contributed by atoms with Crippen molar-refractivity contribution >= 4 is 11.5 Å². The van der Waals surface area contributed by atoms with E-state index in [1.807, 2.05) is 13.8 Å². The van der Waals surface area contributed by atoms with Crippen LogP contribution in [0.25, 0.3) is 0 Å². The fourth-order valence-corrected chi connectivity index (χ4v) is 0.478. The van der Waals surface area contributed by atoms with Crippen molar-refractivity contribution in [2.45, 2.75) is 33.7 Å². The van der Waals surface area contributed by atoms with Gasteiger partial charge in [-0.25, -0.2) is 0 Å². The minimum Gasteiger partial charge on any atom is -0.293 e. The van der Waals surface area contributed by atoms with Crippen LogP contribution in [0.3, 0.4) is 0 Å². The van der Waals surface area contributed by atoms with Crippen LogP contribution in [-0.4, -0.2) is 17.5 Å². The highest BCUT2D eigenvalue weighted by atomic mass is 16.1. The molecule has 2 nitrogen and oxygen atoms in total. The standard InChI is InChI=1S/C7H13NO/c1-5(2)8-6(3)7(4)9/h5H,1-4H3. The number of Topliss-reactive ketones (excluding diaryl/α,β-unsaturated/α-hetero) is 1. The van der Waals surface area contributed by atoms with Crippen LogP contribution in [0, 0.1) is 0 Å². The number of aliphatic imine (C=N–C) groups is 1. The van der Waals surface area contributed by atoms with Gasteiger partial charge in [0.25, 0.3) is 0 Å². The molecule has 52 valence electrons. The van der Waals surface area contributed by atoms with E-state index < -0.39 is 0 Å². The van der Waals surface area contributed by atoms with Gasteiger partial charge in [0.15, 0.2) is 5.78 Å². The molecule has 0 N–H and O–H groups in total. The molecule has 0 fully saturated rings. The Morgan fingerprint density at radius 3 is 1.89 bits per heavy atom. The molecule has 0 aromatic carbocycles. The van der Waals surface area contributed by atoms with Gasteiger partial charge in [0.05, 0.1) is 5.71 Å². The molecule has 0 aliphatic carbocycles. The van der Waals surface area contributed by atoms with Crippen LogP contribution in [0.4, 0.5) is 0 Å². The maximum atomic E-state index is 10.5. The largest absolute Gasteiger partial charge is 0.293 e. The molecule has 0 aliphatic rings. The predicted molar refractivity (Wildman–Crippen MR) is 38.9 cm³/mol. The van der Waals surface area contributed by atoms with Crippen LogP contribution < -0.4 is 0 Å². The normalized spacial score (nSPS) is 12.3. The van der Waals surface area contributed by atoms with Gasteiger partial charge in [-0.3, -0.25) is 9.79 Å². The van der Waals surface area contributed by atoms with Gasteiger partial charge in [-0.05, 0) is 20.8 Å². The Labute approximate surface area is 56.0 Å². The predicted octanol–water partition coefficient (Wildman–Crippen LogP) is 1.44. The quantitative estimate of drug-likeness (QED) is 0.516. The molecule has 9 heavy (non-hydrogen) atoms. The number of hydrogen-bond acceptors (Lipinski definition) is 2. The summed E-state index contributed by atoms with van der Waals surface area (Å²) >= 11 is 0. The second-order valence-electron chi connectivity index (χ2n) is 2.36. The fraction of sp³-hybridized carbons (Fsp3) is 0.714. The minimum atomic E-state index is 0.0590. The minimum absolute atomic E-state index is 0.0590. The summed E-state index contributed by atoms with van der Waals surface area (Å²) < 4.78 is 0. The van der Waals surface area contributed by atoms with E-state index in [1.54, 1.807) is 6.92 Å². The van der Waals surface area contributed by atoms with E-state index in [0.717, 1.165) is 0 Å². The molecule has 0 aromatic rings. The highest BCUT2D eigenvalue weighted by molar-refractivity contribution is 6.38. The number of nitrogens with zero attached hydrogens (tertiary/aromatic N) is 1. The van der Waals surface area contributed by atoms with Crippen LogP contribution in [0.1, 0.15) is 27.7 Å². The Morgan fingerprint density at radius 2 is 1.78 bits per heavy atom. The number of hydrogen-bond donors (Lipinski definition) is 0. The molecule has 2 heteroatoms. The van der Waals surface area contributed by atoms with Gasteiger partial charge in [-0.15, -0.1) is 0 Å². The maximum absolute atomic E-state index is 10.5. The molecule has 0 rings (SSSR count). The monoisotopic (exact) mass is 127 g/mol. The lowest BCUT2D eigenvalue weighted by Gasteiger charge is -1.96. The molecular formula is C7H13NO. The van der Waals surface area contributed by atoms with E-state index in [2.05, 4.69) is 4.99 Å². The van der Waals surface area contributed by atoms with Gasteiger partial charge in [0.1, 0.15) is 0 Å². The van der Waals surface area contributed by atoms with Crippen molar-refractivity contribution in [1.29, 1.82) is 0 Å². The molecule has 0 saturated carbocycles. The van der Waals surface area contributed by atoms with Crippen LogP contribution in [-0.2, 0) is 4.79 Å². The summed E-state index contributed by atoms with van der Waals surface area (Å²) in [6.45, 7) is 7.17. The highest BCUT2D eigenvalue weighted by Crippen LogP contribution is 1.88. The van der Waals surface area contributed by atoms with E-state index in [9.17, 15) is 4.79 Å². The number of ketones is 1. The van der Waals surface area contributed by atoms with E-state index in [1.165, 1.54) is 6.92 Å². The van der Waals surface area contributed by atoms with Crippen molar-refractivity contribution in [2.24, 2.45) is 4.99 Å². The van der Waals surface area contributed by atoms with Crippen LogP contribution in [0.2, 0.25) is 0 Å². The molecule has 0 heterocycles. The first kappa shape index (κ1) is 8.34. The topological polar surface area (TPSA) is 29.4 Å². The molecule has 0 radical (unpaired) electrons. The third-order valence-corrected chi connectivity index (χ3v) is 0.961. The van der Waals surface area contributed by atoms with Crippen molar-refractivity contribution < 1.29 is 4.79 Å². The first-order chi connectivity index (χ1) is 4.04. The average molecular weight is 127 g/mol. The van der Waals surface area contributed by atoms with Crippen molar-refractivity contribution in [3.05, 3.63) is 0 Å². The third kappa shape index (κ3) is 3.88. The SMILES string of the molecule is CC(=O)C(C)=NC(C)C. The van der Waals surface area contributed by atoms with Gasteiger partial charge in [0.2, 0.25) is 0 Å². The summed E-state index contributed by atoms with van der Waals surface area (Å²) in [6, 6.07) is 0.230. The Morgan fingerprint density at radius 1 is 1.33 bits per heavy atom. The van der Waals surface area contributed by atoms with Crippen molar-refractivity contribution in [3.8, 4) is 0 Å². The Kier molecular flexibility index (Phi) is 3.13. The zero-order valence-corrected chi connectivity index (χ0v) is 6.43. The molecule has 0 atom stereocenters. The number of carbonyl (C=O) groups excluding carboxylic acids is 1. The van der Waals surface area contributed by atoms with Crippen LogP contribution >= 0.6 is 0 Å². The van der Waals surface area contributed by atoms with Gasteiger partial charge in [-0.1, -0.05) is 0 Å². The van der Waals surface area contributed by atoms with E-state index >= 15 is 0 Å². The second-order valence-corrected chi connectivity index (χ2v) is 2.36. The summed E-state index contributed by atoms with van der Waals surface area (Å²) in [5.74, 6) is 0.0590. The lowest BCUT2D eigenvalue weighted by Crippen LogP contribution is -2.07. The first-order valence-corrected chi connectivity index (χ1v) is 3.09. The van der Waals surface area contributed by atoms with E-state index in [-0.39, 0.29) is 11.8 Å². The third-order valence-electron chi connectivity index (χ3n) is 0.961. The van der Waals surface area contributed by atoms with Crippen molar-refractivity contribution in [2.75, 3.05) is 0 Å². The zero-order valence-electron chi connectivity index (χ0n) is 6.43. The Balaban J connectivity index is 4.00. The molecule has 0 unspecified atom stereocenters. The van der Waals surface area contributed by atoms with Crippen LogP contribution in [0.5, 0.6) is 0 Å². The molecule has 0 aromatic heterocycles. The van der Waals surface area contributed by atoms with Crippen LogP contribution in [0.15, 0.2) is 4.99 Å². The lowest BCUT2D eigenvalue weighted by molar-refractivity contribution is -0.111. The first-order valence-electron chi connectivity index (χ1n) is 3.09. The number of rotatable bonds is 2. The number of carbonyl (C=O) groups is 1. The molecular weight excluding hydrogens is 114 g/mol. The molecule has 0 saturated heterocycles. The summed E-state index contributed by atoms with van der Waals surface area (Å²) in [5, 5.41) is 0. The highest BCUT2D eigenvalue weighted by Gasteiger charge is 1.96. The van der Waals surface area contributed by atoms with E-state index in [4.69, 9.17) is 0 Å². The molecule has 0 amide bonds. The average Bonchev–Trinajstić information content (AvgIpc) is 1.63. The van der Waals surface area contributed by atoms with Crippen molar-refractivity contribution in [1.82, 2.24) is 0 Å². The molecule has 0 spiro atoms. The Bertz CT molecular complexity index is 136. The zero-order chi connectivity index (χ0) is 7.44. The maximum Gasteiger partial charge on any atom is 0.173 e. The summed E-state index contributed by atoms with van der Waals surface area (Å²) in [6.07, 6.45) is 0. The Hall–Kier alpha value is -0.660. The second kappa shape index (κ2) is 3.38. The molecule has 0 aliphatic heterocycles. The van der Waals surface area contributed by atoms with Gasteiger partial charge in [-0.2, -0.15) is 0 Å². The summed E-state index contributed by atoms with van der Waals surface area (Å²) in [5.41, 5.74) is 0.616. The smallest absolute Gasteiger partial charge is 0.173 e. The van der Waals surface area contributed by atoms with Crippen molar-refractivity contribution in [3.63, 3.8) is 0 Å². The molecule has 0 bridgehead atoms. The van der Waals surface area contributed by atoms with Gasteiger partial charge < -0.3 is 0 Å². The van der Waals surface area contributed by atoms with E-state index in [0.29, 0.717) is 5.71 Å². The van der Waals surface area contributed by atoms with Gasteiger partial charge in [0, 0.05) is 13.0 Å². The summed E-state index contributed by atoms with van der Waals surface area (Å²) in [4.78, 5) is 14.6. The summed E-state index contributed by atoms with van der Waals surface area (Å²) in [7, 11) is 0. The lowest BCUT2D eigenvalue weighted by atomic mass is 10.3. The fourth-order valence-electron chi connectivity index (χ4n) is 0.478. The van der Waals surface area contributed by atoms with Gasteiger partial charge >= 0.3 is 0 Å².